The minimum atomic E-state index is -1.03. The summed E-state index contributed by atoms with van der Waals surface area (Å²) in [7, 11) is 1.21. The van der Waals surface area contributed by atoms with Crippen molar-refractivity contribution in [1.29, 1.82) is 0 Å². The molecule has 0 bridgehead atoms. The Morgan fingerprint density at radius 1 is 1.26 bits per heavy atom. The Hall–Kier alpha value is -2.40. The third-order valence-corrected chi connectivity index (χ3v) is 8.36. The number of thiazole rings is 1. The van der Waals surface area contributed by atoms with E-state index in [-0.39, 0.29) is 25.0 Å². The van der Waals surface area contributed by atoms with Gasteiger partial charge in [0.1, 0.15) is 4.75 Å². The van der Waals surface area contributed by atoms with Crippen molar-refractivity contribution in [1.82, 2.24) is 9.88 Å². The van der Waals surface area contributed by atoms with E-state index in [4.69, 9.17) is 4.74 Å². The molecule has 1 aliphatic rings. The number of urea groups is 1. The lowest BCUT2D eigenvalue weighted by Crippen LogP contribution is -2.45. The summed E-state index contributed by atoms with van der Waals surface area (Å²) >= 11 is 2.37. The van der Waals surface area contributed by atoms with Gasteiger partial charge in [0, 0.05) is 12.6 Å². The molecule has 1 aromatic heterocycles. The van der Waals surface area contributed by atoms with Gasteiger partial charge in [-0.05, 0) is 69.6 Å². The van der Waals surface area contributed by atoms with E-state index in [1.807, 2.05) is 0 Å². The monoisotopic (exact) mass is 527 g/mol. The van der Waals surface area contributed by atoms with Crippen LogP contribution in [0.5, 0.6) is 5.75 Å². The van der Waals surface area contributed by atoms with Crippen LogP contribution in [0.25, 0.3) is 0 Å². The van der Waals surface area contributed by atoms with Crippen molar-refractivity contribution in [2.45, 2.75) is 67.9 Å². The van der Waals surface area contributed by atoms with Gasteiger partial charge in [-0.1, -0.05) is 30.0 Å². The zero-order valence-corrected chi connectivity index (χ0v) is 21.9. The number of hydrogen-bond donors (Lipinski definition) is 2. The van der Waals surface area contributed by atoms with Gasteiger partial charge in [0.25, 0.3) is 0 Å². The van der Waals surface area contributed by atoms with Gasteiger partial charge in [-0.3, -0.25) is 10.1 Å². The summed E-state index contributed by atoms with van der Waals surface area (Å²) in [4.78, 5) is 30.6. The largest absolute Gasteiger partial charge is 0.491 e. The van der Waals surface area contributed by atoms with Crippen LogP contribution in [0.4, 0.5) is 18.7 Å². The first kappa shape index (κ1) is 27.2. The van der Waals surface area contributed by atoms with Crippen molar-refractivity contribution in [3.63, 3.8) is 0 Å². The van der Waals surface area contributed by atoms with E-state index in [1.54, 1.807) is 24.9 Å². The van der Waals surface area contributed by atoms with E-state index in [0.29, 0.717) is 20.8 Å². The predicted molar refractivity (Wildman–Crippen MR) is 133 cm³/mol. The number of carboxylic acids is 1. The first-order chi connectivity index (χ1) is 16.5. The highest BCUT2D eigenvalue weighted by atomic mass is 32.2. The number of carbonyl (C=O) groups is 2. The Balaban J connectivity index is 1.72. The first-order valence-electron chi connectivity index (χ1n) is 11.5. The van der Waals surface area contributed by atoms with E-state index in [1.165, 1.54) is 30.6 Å². The Labute approximate surface area is 212 Å². The molecular formula is C24H31F2N3O4S2. The molecule has 0 aliphatic heterocycles. The van der Waals surface area contributed by atoms with Crippen LogP contribution < -0.4 is 10.1 Å². The number of thioether (sulfide) groups is 1. The molecule has 2 amide bonds. The second-order valence-corrected chi connectivity index (χ2v) is 12.2. The minimum absolute atomic E-state index is 0.0129. The van der Waals surface area contributed by atoms with E-state index < -0.39 is 28.1 Å². The van der Waals surface area contributed by atoms with Crippen LogP contribution in [-0.4, -0.2) is 51.4 Å². The number of carbonyl (C=O) groups excluding carboxylic acids is 1. The number of aromatic nitrogens is 1. The van der Waals surface area contributed by atoms with Gasteiger partial charge < -0.3 is 14.7 Å². The molecule has 0 spiro atoms. The molecule has 1 heterocycles. The summed E-state index contributed by atoms with van der Waals surface area (Å²) in [5, 5.41) is 12.5. The maximum atomic E-state index is 14.1. The molecule has 2 aromatic rings. The van der Waals surface area contributed by atoms with Gasteiger partial charge in [0.05, 0.1) is 17.5 Å². The molecule has 192 valence electrons. The fourth-order valence-corrected chi connectivity index (χ4v) is 6.29. The molecule has 1 aromatic carbocycles. The first-order valence-corrected chi connectivity index (χ1v) is 13.1. The number of anilines is 1. The van der Waals surface area contributed by atoms with Crippen LogP contribution >= 0.6 is 23.1 Å². The molecule has 3 rings (SSSR count). The van der Waals surface area contributed by atoms with E-state index in [9.17, 15) is 23.5 Å². The van der Waals surface area contributed by atoms with Gasteiger partial charge in [0.2, 0.25) is 0 Å². The molecular weight excluding hydrogens is 496 g/mol. The van der Waals surface area contributed by atoms with Crippen molar-refractivity contribution in [2.24, 2.45) is 5.92 Å². The summed E-state index contributed by atoms with van der Waals surface area (Å²) < 4.78 is 32.7. The number of amides is 2. The highest BCUT2D eigenvalue weighted by molar-refractivity contribution is 8.03. The zero-order valence-electron chi connectivity index (χ0n) is 20.3. The molecule has 0 radical (unpaired) electrons. The molecule has 1 saturated carbocycles. The quantitative estimate of drug-likeness (QED) is 0.386. The number of ether oxygens (including phenoxy) is 1. The Morgan fingerprint density at radius 3 is 2.46 bits per heavy atom. The fourth-order valence-electron chi connectivity index (χ4n) is 4.03. The van der Waals surface area contributed by atoms with Crippen LogP contribution in [0.15, 0.2) is 22.5 Å². The van der Waals surface area contributed by atoms with Crippen molar-refractivity contribution in [2.75, 3.05) is 19.0 Å². The maximum Gasteiger partial charge on any atom is 0.323 e. The average molecular weight is 528 g/mol. The molecule has 35 heavy (non-hydrogen) atoms. The van der Waals surface area contributed by atoms with Gasteiger partial charge >= 0.3 is 12.0 Å². The number of methoxy groups -OCH3 is 1. The molecule has 7 nitrogen and oxygen atoms in total. The number of hydrogen-bond acceptors (Lipinski definition) is 6. The number of benzene rings is 1. The van der Waals surface area contributed by atoms with Crippen molar-refractivity contribution in [3.8, 4) is 5.75 Å². The number of rotatable bonds is 9. The van der Waals surface area contributed by atoms with Crippen molar-refractivity contribution in [3.05, 3.63) is 35.5 Å². The van der Waals surface area contributed by atoms with Crippen LogP contribution in [0.1, 0.15) is 52.0 Å². The topological polar surface area (TPSA) is 91.8 Å². The highest BCUT2D eigenvalue weighted by Gasteiger charge is 2.31. The average Bonchev–Trinajstić information content (AvgIpc) is 3.20. The van der Waals surface area contributed by atoms with E-state index in [2.05, 4.69) is 17.2 Å². The zero-order chi connectivity index (χ0) is 25.8. The minimum Gasteiger partial charge on any atom is -0.491 e. The molecule has 0 saturated heterocycles. The van der Waals surface area contributed by atoms with Crippen molar-refractivity contribution < 1.29 is 28.2 Å². The van der Waals surface area contributed by atoms with Gasteiger partial charge in [-0.25, -0.2) is 18.6 Å². The van der Waals surface area contributed by atoms with Crippen LogP contribution in [0.3, 0.4) is 0 Å². The highest BCUT2D eigenvalue weighted by Crippen LogP contribution is 2.37. The Bertz CT molecular complexity index is 1030. The second kappa shape index (κ2) is 11.6. The van der Waals surface area contributed by atoms with Crippen LogP contribution in [-0.2, 0) is 11.2 Å². The molecule has 11 heteroatoms. The normalized spacial score (nSPS) is 18.2. The number of carboxylic acid groups (broad SMARTS) is 1. The smallest absolute Gasteiger partial charge is 0.323 e. The molecule has 2 N–H and O–H groups in total. The predicted octanol–water partition coefficient (Wildman–Crippen LogP) is 6.04. The summed E-state index contributed by atoms with van der Waals surface area (Å²) in [6, 6.07) is 2.14. The summed E-state index contributed by atoms with van der Waals surface area (Å²) in [5.41, 5.74) is 0.437. The van der Waals surface area contributed by atoms with E-state index in [0.717, 1.165) is 37.4 Å². The molecule has 1 fully saturated rings. The lowest BCUT2D eigenvalue weighted by Gasteiger charge is -2.36. The SMILES string of the molecule is COc1c(F)cc(CCN(C(=O)Nc2ncc(SC(C)(C)C(=O)O)s2)[C@H]2CC[C@H](C)CC2)cc1F. The fraction of sp³-hybridized carbons (Fsp3) is 0.542. The maximum absolute atomic E-state index is 14.1. The summed E-state index contributed by atoms with van der Waals surface area (Å²) in [6.07, 6.45) is 5.54. The lowest BCUT2D eigenvalue weighted by molar-refractivity contribution is -0.138. The molecule has 0 unspecified atom stereocenters. The summed E-state index contributed by atoms with van der Waals surface area (Å²) in [6.45, 7) is 5.69. The molecule has 0 atom stereocenters. The number of nitrogens with zero attached hydrogens (tertiary/aromatic N) is 2. The van der Waals surface area contributed by atoms with Crippen LogP contribution in [0.2, 0.25) is 0 Å². The van der Waals surface area contributed by atoms with E-state index >= 15 is 0 Å². The van der Waals surface area contributed by atoms with Crippen molar-refractivity contribution >= 4 is 40.2 Å². The van der Waals surface area contributed by atoms with Gasteiger partial charge in [0.15, 0.2) is 22.5 Å². The molecule has 1 aliphatic carbocycles. The number of halogens is 2. The Kier molecular flexibility index (Phi) is 8.98. The second-order valence-electron chi connectivity index (χ2n) is 9.28. The van der Waals surface area contributed by atoms with Gasteiger partial charge in [-0.15, -0.1) is 0 Å². The number of aliphatic carboxylic acids is 1. The lowest BCUT2D eigenvalue weighted by atomic mass is 9.86. The third kappa shape index (κ3) is 7.07. The van der Waals surface area contributed by atoms with Gasteiger partial charge in [-0.2, -0.15) is 0 Å². The standard InChI is InChI=1S/C24H31F2N3O4S2/c1-14-5-7-16(8-6-14)29(10-9-15-11-17(25)20(33-4)18(26)12-15)23(32)28-22-27-13-19(34-22)35-24(2,3)21(30)31/h11-14,16H,5-10H2,1-4H3,(H,30,31)(H,27,28,32)/t14-,16-. The van der Waals surface area contributed by atoms with Crippen LogP contribution in [0, 0.1) is 17.6 Å². The third-order valence-electron chi connectivity index (χ3n) is 6.16. The number of nitrogens with one attached hydrogen (secondary N) is 1. The Morgan fingerprint density at radius 2 is 1.89 bits per heavy atom. The summed E-state index contributed by atoms with van der Waals surface area (Å²) in [5.74, 6) is -2.32.